The summed E-state index contributed by atoms with van der Waals surface area (Å²) in [6.45, 7) is 6.15. The first-order chi connectivity index (χ1) is 7.36. The summed E-state index contributed by atoms with van der Waals surface area (Å²) in [5.41, 5.74) is 6.00. The fourth-order valence-electron chi connectivity index (χ4n) is 2.47. The van der Waals surface area contributed by atoms with Crippen LogP contribution >= 0.6 is 0 Å². The fourth-order valence-corrected chi connectivity index (χ4v) is 2.47. The highest BCUT2D eigenvalue weighted by molar-refractivity contribution is 4.85. The van der Waals surface area contributed by atoms with E-state index in [-0.39, 0.29) is 0 Å². The third-order valence-corrected chi connectivity index (χ3v) is 3.51. The largest absolute Gasteiger partial charge is 0.379 e. The van der Waals surface area contributed by atoms with E-state index in [9.17, 15) is 0 Å². The standard InChI is InChI=1S/C11H23N3O/c12-10-2-1-3-11(10)13-4-5-14-6-8-15-9-7-14/h10-11,13H,1-9,12H2/t10-,11+/m0/s1. The van der Waals surface area contributed by atoms with Gasteiger partial charge >= 0.3 is 0 Å². The van der Waals surface area contributed by atoms with Crippen LogP contribution in [0.3, 0.4) is 0 Å². The average Bonchev–Trinajstić information content (AvgIpc) is 2.66. The van der Waals surface area contributed by atoms with Gasteiger partial charge in [0.1, 0.15) is 0 Å². The van der Waals surface area contributed by atoms with Crippen LogP contribution in [0.15, 0.2) is 0 Å². The molecule has 4 heteroatoms. The number of ether oxygens (including phenoxy) is 1. The molecular formula is C11H23N3O. The minimum atomic E-state index is 0.384. The zero-order chi connectivity index (χ0) is 10.5. The Morgan fingerprint density at radius 2 is 2.07 bits per heavy atom. The molecule has 15 heavy (non-hydrogen) atoms. The van der Waals surface area contributed by atoms with Crippen LogP contribution in [0.5, 0.6) is 0 Å². The summed E-state index contributed by atoms with van der Waals surface area (Å²) < 4.78 is 5.31. The van der Waals surface area contributed by atoms with Gasteiger partial charge < -0.3 is 15.8 Å². The van der Waals surface area contributed by atoms with Crippen molar-refractivity contribution in [2.45, 2.75) is 31.3 Å². The maximum Gasteiger partial charge on any atom is 0.0594 e. The molecule has 0 aromatic heterocycles. The molecule has 0 radical (unpaired) electrons. The third kappa shape index (κ3) is 3.41. The Hall–Kier alpha value is -0.160. The van der Waals surface area contributed by atoms with Crippen LogP contribution in [0.2, 0.25) is 0 Å². The van der Waals surface area contributed by atoms with Crippen molar-refractivity contribution < 1.29 is 4.74 Å². The van der Waals surface area contributed by atoms with Gasteiger partial charge in [0, 0.05) is 38.3 Å². The molecule has 2 atom stereocenters. The summed E-state index contributed by atoms with van der Waals surface area (Å²) in [6, 6.07) is 0.945. The van der Waals surface area contributed by atoms with Crippen molar-refractivity contribution in [3.8, 4) is 0 Å². The van der Waals surface area contributed by atoms with Crippen LogP contribution in [-0.4, -0.2) is 56.4 Å². The maximum atomic E-state index is 6.00. The van der Waals surface area contributed by atoms with Crippen molar-refractivity contribution in [2.75, 3.05) is 39.4 Å². The lowest BCUT2D eigenvalue weighted by molar-refractivity contribution is 0.0381. The summed E-state index contributed by atoms with van der Waals surface area (Å²) >= 11 is 0. The van der Waals surface area contributed by atoms with Gasteiger partial charge in [0.05, 0.1) is 13.2 Å². The second kappa shape index (κ2) is 5.80. The summed E-state index contributed by atoms with van der Waals surface area (Å²) in [5.74, 6) is 0. The van der Waals surface area contributed by atoms with E-state index in [1.165, 1.54) is 19.3 Å². The number of hydrogen-bond donors (Lipinski definition) is 2. The minimum absolute atomic E-state index is 0.384. The number of nitrogens with two attached hydrogens (primary N) is 1. The SMILES string of the molecule is N[C@H]1CCC[C@H]1NCCN1CCOCC1. The lowest BCUT2D eigenvalue weighted by atomic mass is 10.2. The highest BCUT2D eigenvalue weighted by Crippen LogP contribution is 2.16. The molecule has 1 saturated carbocycles. The van der Waals surface area contributed by atoms with Gasteiger partial charge in [0.2, 0.25) is 0 Å². The van der Waals surface area contributed by atoms with E-state index < -0.39 is 0 Å². The highest BCUT2D eigenvalue weighted by Gasteiger charge is 2.23. The monoisotopic (exact) mass is 213 g/mol. The van der Waals surface area contributed by atoms with Crippen molar-refractivity contribution in [3.63, 3.8) is 0 Å². The molecule has 4 nitrogen and oxygen atoms in total. The van der Waals surface area contributed by atoms with Gasteiger partial charge in [0.15, 0.2) is 0 Å². The van der Waals surface area contributed by atoms with Crippen molar-refractivity contribution in [2.24, 2.45) is 5.73 Å². The van der Waals surface area contributed by atoms with Crippen molar-refractivity contribution in [3.05, 3.63) is 0 Å². The number of nitrogens with one attached hydrogen (secondary N) is 1. The molecule has 2 aliphatic rings. The summed E-state index contributed by atoms with van der Waals surface area (Å²) in [6.07, 6.45) is 3.73. The van der Waals surface area contributed by atoms with E-state index in [1.54, 1.807) is 0 Å². The smallest absolute Gasteiger partial charge is 0.0594 e. The molecule has 0 aromatic carbocycles. The van der Waals surface area contributed by atoms with Gasteiger partial charge in [-0.3, -0.25) is 4.90 Å². The van der Waals surface area contributed by atoms with Gasteiger partial charge in [-0.1, -0.05) is 6.42 Å². The van der Waals surface area contributed by atoms with Gasteiger partial charge in [0.25, 0.3) is 0 Å². The van der Waals surface area contributed by atoms with E-state index in [1.807, 2.05) is 0 Å². The Morgan fingerprint density at radius 3 is 2.73 bits per heavy atom. The highest BCUT2D eigenvalue weighted by atomic mass is 16.5. The Bertz CT molecular complexity index is 183. The lowest BCUT2D eigenvalue weighted by Gasteiger charge is -2.27. The first-order valence-electron chi connectivity index (χ1n) is 6.15. The molecule has 0 amide bonds. The predicted octanol–water partition coefficient (Wildman–Crippen LogP) is -0.212. The van der Waals surface area contributed by atoms with Gasteiger partial charge in [-0.15, -0.1) is 0 Å². The Balaban J connectivity index is 1.57. The molecule has 0 spiro atoms. The molecule has 1 aliphatic heterocycles. The first kappa shape index (κ1) is 11.3. The fraction of sp³-hybridized carbons (Fsp3) is 1.00. The molecule has 3 N–H and O–H groups in total. The zero-order valence-electron chi connectivity index (χ0n) is 9.45. The molecule has 0 aromatic rings. The zero-order valence-corrected chi connectivity index (χ0v) is 9.45. The molecule has 2 fully saturated rings. The minimum Gasteiger partial charge on any atom is -0.379 e. The lowest BCUT2D eigenvalue weighted by Crippen LogP contribution is -2.46. The van der Waals surface area contributed by atoms with Crippen LogP contribution in [0, 0.1) is 0 Å². The van der Waals surface area contributed by atoms with Crippen LogP contribution in [0.4, 0.5) is 0 Å². The molecule has 2 rings (SSSR count). The predicted molar refractivity (Wildman–Crippen MR) is 60.9 cm³/mol. The Kier molecular flexibility index (Phi) is 4.38. The first-order valence-corrected chi connectivity index (χ1v) is 6.15. The molecule has 88 valence electrons. The summed E-state index contributed by atoms with van der Waals surface area (Å²) in [5, 5.41) is 3.57. The van der Waals surface area contributed by atoms with Gasteiger partial charge in [-0.05, 0) is 12.8 Å². The summed E-state index contributed by atoms with van der Waals surface area (Å²) in [4.78, 5) is 2.46. The van der Waals surface area contributed by atoms with Crippen LogP contribution in [-0.2, 0) is 4.74 Å². The van der Waals surface area contributed by atoms with Crippen molar-refractivity contribution in [1.82, 2.24) is 10.2 Å². The van der Waals surface area contributed by atoms with E-state index >= 15 is 0 Å². The van der Waals surface area contributed by atoms with Crippen LogP contribution in [0.25, 0.3) is 0 Å². The molecule has 0 unspecified atom stereocenters. The van der Waals surface area contributed by atoms with E-state index in [4.69, 9.17) is 10.5 Å². The van der Waals surface area contributed by atoms with E-state index in [2.05, 4.69) is 10.2 Å². The second-order valence-corrected chi connectivity index (χ2v) is 4.61. The number of morpholine rings is 1. The van der Waals surface area contributed by atoms with E-state index in [0.717, 1.165) is 39.4 Å². The molecule has 1 saturated heterocycles. The number of nitrogens with zero attached hydrogens (tertiary/aromatic N) is 1. The van der Waals surface area contributed by atoms with Gasteiger partial charge in [-0.2, -0.15) is 0 Å². The summed E-state index contributed by atoms with van der Waals surface area (Å²) in [7, 11) is 0. The number of rotatable bonds is 4. The Labute approximate surface area is 92.1 Å². The second-order valence-electron chi connectivity index (χ2n) is 4.61. The molecule has 0 bridgehead atoms. The molecular weight excluding hydrogens is 190 g/mol. The van der Waals surface area contributed by atoms with Crippen molar-refractivity contribution >= 4 is 0 Å². The normalized spacial score (nSPS) is 33.4. The van der Waals surface area contributed by atoms with Crippen LogP contribution in [0.1, 0.15) is 19.3 Å². The third-order valence-electron chi connectivity index (χ3n) is 3.51. The molecule has 1 heterocycles. The van der Waals surface area contributed by atoms with Crippen molar-refractivity contribution in [1.29, 1.82) is 0 Å². The molecule has 1 aliphatic carbocycles. The maximum absolute atomic E-state index is 6.00. The van der Waals surface area contributed by atoms with E-state index in [0.29, 0.717) is 12.1 Å². The topological polar surface area (TPSA) is 50.5 Å². The average molecular weight is 213 g/mol. The van der Waals surface area contributed by atoms with Gasteiger partial charge in [-0.25, -0.2) is 0 Å². The Morgan fingerprint density at radius 1 is 1.27 bits per heavy atom. The quantitative estimate of drug-likeness (QED) is 0.678. The number of hydrogen-bond acceptors (Lipinski definition) is 4. The van der Waals surface area contributed by atoms with Crippen LogP contribution < -0.4 is 11.1 Å².